The average molecular weight is 381 g/mol. The van der Waals surface area contributed by atoms with E-state index >= 15 is 0 Å². The molecule has 1 saturated carbocycles. The third-order valence-electron chi connectivity index (χ3n) is 4.72. The van der Waals surface area contributed by atoms with Gasteiger partial charge in [-0.3, -0.25) is 9.36 Å². The van der Waals surface area contributed by atoms with Crippen molar-refractivity contribution in [2.24, 2.45) is 0 Å². The topological polar surface area (TPSA) is 47.8 Å². The molecule has 4 nitrogen and oxygen atoms in total. The zero-order valence-electron chi connectivity index (χ0n) is 15.3. The fourth-order valence-corrected chi connectivity index (χ4v) is 4.00. The first-order chi connectivity index (χ1) is 13.0. The second-order valence-electron chi connectivity index (χ2n) is 6.92. The molecule has 1 heterocycles. The van der Waals surface area contributed by atoms with E-state index in [2.05, 4.69) is 10.2 Å². The Hall–Kier alpha value is -2.47. The van der Waals surface area contributed by atoms with Crippen molar-refractivity contribution in [2.75, 3.05) is 5.75 Å². The Kier molecular flexibility index (Phi) is 4.83. The van der Waals surface area contributed by atoms with Crippen LogP contribution < -0.4 is 0 Å². The van der Waals surface area contributed by atoms with Crippen LogP contribution in [0.4, 0.5) is 4.39 Å². The third-order valence-corrected chi connectivity index (χ3v) is 5.66. The van der Waals surface area contributed by atoms with E-state index in [0.29, 0.717) is 16.5 Å². The average Bonchev–Trinajstić information content (AvgIpc) is 3.41. The lowest BCUT2D eigenvalue weighted by Gasteiger charge is -2.10. The number of carbonyl (C=O) groups excluding carboxylic acids is 1. The number of aromatic nitrogens is 3. The molecule has 2 aromatic carbocycles. The lowest BCUT2D eigenvalue weighted by Crippen LogP contribution is -2.07. The highest BCUT2D eigenvalue weighted by Gasteiger charge is 2.31. The summed E-state index contributed by atoms with van der Waals surface area (Å²) >= 11 is 1.37. The van der Waals surface area contributed by atoms with Gasteiger partial charge in [0.25, 0.3) is 0 Å². The van der Waals surface area contributed by atoms with Crippen LogP contribution in [0.25, 0.3) is 11.4 Å². The number of benzene rings is 2. The lowest BCUT2D eigenvalue weighted by atomic mass is 10.0. The molecule has 1 fully saturated rings. The van der Waals surface area contributed by atoms with Crippen LogP contribution >= 0.6 is 11.8 Å². The van der Waals surface area contributed by atoms with Crippen molar-refractivity contribution in [2.45, 2.75) is 37.9 Å². The molecule has 1 aromatic heterocycles. The largest absolute Gasteiger partial charge is 0.299 e. The number of thioether (sulfide) groups is 1. The molecule has 0 bridgehead atoms. The van der Waals surface area contributed by atoms with Gasteiger partial charge in [0.2, 0.25) is 0 Å². The summed E-state index contributed by atoms with van der Waals surface area (Å²) in [6.45, 7) is 3.92. The van der Waals surface area contributed by atoms with Crippen LogP contribution in [0.1, 0.15) is 40.4 Å². The number of carbonyl (C=O) groups is 1. The van der Waals surface area contributed by atoms with Crippen LogP contribution in [-0.2, 0) is 0 Å². The van der Waals surface area contributed by atoms with Gasteiger partial charge >= 0.3 is 0 Å². The summed E-state index contributed by atoms with van der Waals surface area (Å²) in [5.41, 5.74) is 3.23. The smallest absolute Gasteiger partial charge is 0.192 e. The Morgan fingerprint density at radius 3 is 2.70 bits per heavy atom. The minimum atomic E-state index is -0.310. The van der Waals surface area contributed by atoms with Gasteiger partial charge in [0.15, 0.2) is 16.8 Å². The maximum absolute atomic E-state index is 14.2. The molecule has 0 saturated heterocycles. The van der Waals surface area contributed by atoms with Gasteiger partial charge in [0.05, 0.1) is 11.3 Å². The van der Waals surface area contributed by atoms with E-state index in [1.54, 1.807) is 18.2 Å². The lowest BCUT2D eigenvalue weighted by molar-refractivity contribution is 0.102. The van der Waals surface area contributed by atoms with Crippen LogP contribution in [0.15, 0.2) is 47.6 Å². The number of rotatable bonds is 6. The molecule has 3 aromatic rings. The summed E-state index contributed by atoms with van der Waals surface area (Å²) in [7, 11) is 0. The molecular formula is C21H20FN3OS. The Bertz CT molecular complexity index is 1010. The molecule has 1 aliphatic rings. The molecule has 0 aliphatic heterocycles. The van der Waals surface area contributed by atoms with E-state index < -0.39 is 0 Å². The van der Waals surface area contributed by atoms with E-state index in [1.807, 2.05) is 36.6 Å². The number of hydrogen-bond donors (Lipinski definition) is 0. The highest BCUT2D eigenvalue weighted by molar-refractivity contribution is 7.99. The number of halogens is 1. The molecule has 138 valence electrons. The van der Waals surface area contributed by atoms with Crippen molar-refractivity contribution in [1.29, 1.82) is 0 Å². The summed E-state index contributed by atoms with van der Waals surface area (Å²) < 4.78 is 16.2. The minimum Gasteiger partial charge on any atom is -0.299 e. The predicted octanol–water partition coefficient (Wildman–Crippen LogP) is 5.01. The Labute approximate surface area is 161 Å². The first kappa shape index (κ1) is 17.9. The van der Waals surface area contributed by atoms with Gasteiger partial charge in [-0.25, -0.2) is 4.39 Å². The van der Waals surface area contributed by atoms with E-state index in [4.69, 9.17) is 0 Å². The van der Waals surface area contributed by atoms with Gasteiger partial charge in [0.1, 0.15) is 5.82 Å². The van der Waals surface area contributed by atoms with Gasteiger partial charge in [-0.05, 0) is 50.5 Å². The Balaban J connectivity index is 1.59. The molecule has 0 amide bonds. The maximum Gasteiger partial charge on any atom is 0.192 e. The standard InChI is InChI=1S/C21H20FN3OS/c1-13-7-8-14(2)17(11-13)19(26)12-27-21-24-23-20(25(21)15-9-10-15)16-5-3-4-6-18(16)22/h3-8,11,15H,9-10,12H2,1-2H3. The van der Waals surface area contributed by atoms with Crippen LogP contribution in [0.3, 0.4) is 0 Å². The summed E-state index contributed by atoms with van der Waals surface area (Å²) in [6, 6.07) is 12.8. The molecule has 1 aliphatic carbocycles. The van der Waals surface area contributed by atoms with E-state index in [-0.39, 0.29) is 23.4 Å². The Morgan fingerprint density at radius 1 is 1.19 bits per heavy atom. The molecule has 0 atom stereocenters. The third kappa shape index (κ3) is 3.67. The number of hydrogen-bond acceptors (Lipinski definition) is 4. The molecule has 27 heavy (non-hydrogen) atoms. The van der Waals surface area contributed by atoms with Crippen LogP contribution in [0, 0.1) is 19.7 Å². The second kappa shape index (κ2) is 7.27. The van der Waals surface area contributed by atoms with Gasteiger partial charge < -0.3 is 0 Å². The summed E-state index contributed by atoms with van der Waals surface area (Å²) in [6.07, 6.45) is 2.05. The second-order valence-corrected chi connectivity index (χ2v) is 7.86. The van der Waals surface area contributed by atoms with E-state index in [1.165, 1.54) is 17.8 Å². The summed E-state index contributed by atoms with van der Waals surface area (Å²) in [5, 5.41) is 9.16. The molecule has 0 radical (unpaired) electrons. The SMILES string of the molecule is Cc1ccc(C)c(C(=O)CSc2nnc(-c3ccccc3F)n2C2CC2)c1. The Morgan fingerprint density at radius 2 is 1.96 bits per heavy atom. The molecular weight excluding hydrogens is 361 g/mol. The highest BCUT2D eigenvalue weighted by atomic mass is 32.2. The van der Waals surface area contributed by atoms with Gasteiger partial charge in [-0.1, -0.05) is 41.6 Å². The normalized spacial score (nSPS) is 13.7. The van der Waals surface area contributed by atoms with E-state index in [9.17, 15) is 9.18 Å². The highest BCUT2D eigenvalue weighted by Crippen LogP contribution is 2.41. The van der Waals surface area contributed by atoms with Crippen molar-refractivity contribution in [3.63, 3.8) is 0 Å². The first-order valence-corrected chi connectivity index (χ1v) is 9.96. The monoisotopic (exact) mass is 381 g/mol. The zero-order chi connectivity index (χ0) is 19.0. The predicted molar refractivity (Wildman–Crippen MR) is 105 cm³/mol. The van der Waals surface area contributed by atoms with Crippen molar-refractivity contribution in [1.82, 2.24) is 14.8 Å². The van der Waals surface area contributed by atoms with Crippen LogP contribution in [0.5, 0.6) is 0 Å². The van der Waals surface area contributed by atoms with Crippen molar-refractivity contribution < 1.29 is 9.18 Å². The fraction of sp³-hybridized carbons (Fsp3) is 0.286. The maximum atomic E-state index is 14.2. The summed E-state index contributed by atoms with van der Waals surface area (Å²) in [5.74, 6) is 0.581. The molecule has 0 N–H and O–H groups in total. The van der Waals surface area contributed by atoms with Crippen LogP contribution in [0.2, 0.25) is 0 Å². The number of nitrogens with zero attached hydrogens (tertiary/aromatic N) is 3. The van der Waals surface area contributed by atoms with Crippen molar-refractivity contribution in [3.8, 4) is 11.4 Å². The zero-order valence-corrected chi connectivity index (χ0v) is 16.1. The van der Waals surface area contributed by atoms with Crippen molar-refractivity contribution >= 4 is 17.5 Å². The quantitative estimate of drug-likeness (QED) is 0.445. The molecule has 6 heteroatoms. The summed E-state index contributed by atoms with van der Waals surface area (Å²) in [4.78, 5) is 12.7. The van der Waals surface area contributed by atoms with Crippen LogP contribution in [-0.4, -0.2) is 26.3 Å². The van der Waals surface area contributed by atoms with Gasteiger partial charge in [-0.2, -0.15) is 0 Å². The van der Waals surface area contributed by atoms with Crippen molar-refractivity contribution in [3.05, 3.63) is 65.0 Å². The molecule has 4 rings (SSSR count). The molecule has 0 unspecified atom stereocenters. The van der Waals surface area contributed by atoms with Gasteiger partial charge in [0, 0.05) is 11.6 Å². The minimum absolute atomic E-state index is 0.0685. The molecule has 0 spiro atoms. The first-order valence-electron chi connectivity index (χ1n) is 8.97. The number of aryl methyl sites for hydroxylation is 2. The van der Waals surface area contributed by atoms with E-state index in [0.717, 1.165) is 29.5 Å². The number of ketones is 1. The number of Topliss-reactive ketones (excluding diaryl/α,β-unsaturated/α-hetero) is 1. The fourth-order valence-electron chi connectivity index (χ4n) is 3.11. The van der Waals surface area contributed by atoms with Gasteiger partial charge in [-0.15, -0.1) is 10.2 Å².